The van der Waals surface area contributed by atoms with Crippen LogP contribution >= 0.6 is 0 Å². The standard InChI is InChI=1S/C22H29FN4O3/c1-15-19(16(2)27(24-15)18-8-6-17(23)7-9-18)14-20(28)25-10-12-26(13-11-25)21(29)30-22(3,4)5/h6-9H,10-14H2,1-5H3. The third-order valence-corrected chi connectivity index (χ3v) is 5.12. The van der Waals surface area contributed by atoms with Crippen LogP contribution in [0.5, 0.6) is 0 Å². The van der Waals surface area contributed by atoms with Crippen molar-refractivity contribution in [1.29, 1.82) is 0 Å². The summed E-state index contributed by atoms with van der Waals surface area (Å²) in [5.74, 6) is -0.301. The van der Waals surface area contributed by atoms with Crippen LogP contribution in [0.15, 0.2) is 24.3 Å². The first-order valence-electron chi connectivity index (χ1n) is 10.1. The molecule has 7 nitrogen and oxygen atoms in total. The summed E-state index contributed by atoms with van der Waals surface area (Å²) in [6.45, 7) is 11.1. The number of nitrogens with zero attached hydrogens (tertiary/aromatic N) is 4. The number of halogens is 1. The number of hydrogen-bond acceptors (Lipinski definition) is 4. The van der Waals surface area contributed by atoms with Crippen LogP contribution in [0.2, 0.25) is 0 Å². The zero-order valence-electron chi connectivity index (χ0n) is 18.2. The van der Waals surface area contributed by atoms with E-state index in [-0.39, 0.29) is 24.2 Å². The molecule has 1 aliphatic rings. The number of amides is 2. The van der Waals surface area contributed by atoms with Crippen molar-refractivity contribution in [2.75, 3.05) is 26.2 Å². The fraction of sp³-hybridized carbons (Fsp3) is 0.500. The van der Waals surface area contributed by atoms with E-state index >= 15 is 0 Å². The Morgan fingerprint density at radius 3 is 2.17 bits per heavy atom. The van der Waals surface area contributed by atoms with Gasteiger partial charge >= 0.3 is 6.09 Å². The summed E-state index contributed by atoms with van der Waals surface area (Å²) in [4.78, 5) is 28.5. The third kappa shape index (κ3) is 4.98. The van der Waals surface area contributed by atoms with E-state index < -0.39 is 5.60 Å². The Morgan fingerprint density at radius 2 is 1.60 bits per heavy atom. The maximum atomic E-state index is 13.2. The van der Waals surface area contributed by atoms with Gasteiger partial charge in [0.05, 0.1) is 17.8 Å². The quantitative estimate of drug-likeness (QED) is 0.770. The molecule has 0 radical (unpaired) electrons. The first-order valence-corrected chi connectivity index (χ1v) is 10.1. The number of carbonyl (C=O) groups is 2. The highest BCUT2D eigenvalue weighted by Gasteiger charge is 2.28. The molecule has 30 heavy (non-hydrogen) atoms. The lowest BCUT2D eigenvalue weighted by Crippen LogP contribution is -2.52. The van der Waals surface area contributed by atoms with Gasteiger partial charge in [-0.25, -0.2) is 13.9 Å². The van der Waals surface area contributed by atoms with Crippen molar-refractivity contribution in [1.82, 2.24) is 19.6 Å². The minimum Gasteiger partial charge on any atom is -0.444 e. The van der Waals surface area contributed by atoms with Crippen molar-refractivity contribution in [2.45, 2.75) is 46.6 Å². The number of piperazine rings is 1. The Morgan fingerprint density at radius 1 is 1.03 bits per heavy atom. The minimum atomic E-state index is -0.538. The van der Waals surface area contributed by atoms with Crippen molar-refractivity contribution in [3.05, 3.63) is 47.0 Å². The molecule has 0 unspecified atom stereocenters. The fourth-order valence-corrected chi connectivity index (χ4v) is 3.49. The van der Waals surface area contributed by atoms with Crippen LogP contribution in [-0.4, -0.2) is 63.4 Å². The number of rotatable bonds is 3. The maximum Gasteiger partial charge on any atom is 0.410 e. The Bertz CT molecular complexity index is 923. The summed E-state index contributed by atoms with van der Waals surface area (Å²) >= 11 is 0. The molecule has 3 rings (SSSR count). The van der Waals surface area contributed by atoms with Gasteiger partial charge in [0.25, 0.3) is 0 Å². The van der Waals surface area contributed by atoms with Gasteiger partial charge in [-0.3, -0.25) is 4.79 Å². The van der Waals surface area contributed by atoms with Gasteiger partial charge in [-0.15, -0.1) is 0 Å². The molecule has 1 fully saturated rings. The lowest BCUT2D eigenvalue weighted by molar-refractivity contribution is -0.132. The van der Waals surface area contributed by atoms with Crippen LogP contribution in [0.4, 0.5) is 9.18 Å². The van der Waals surface area contributed by atoms with E-state index in [2.05, 4.69) is 5.10 Å². The number of aryl methyl sites for hydroxylation is 1. The Hall–Kier alpha value is -2.90. The Labute approximate surface area is 176 Å². The van der Waals surface area contributed by atoms with Gasteiger partial charge in [-0.05, 0) is 58.9 Å². The van der Waals surface area contributed by atoms with E-state index in [1.165, 1.54) is 12.1 Å². The molecule has 1 saturated heterocycles. The molecule has 8 heteroatoms. The fourth-order valence-electron chi connectivity index (χ4n) is 3.49. The van der Waals surface area contributed by atoms with Gasteiger partial charge in [0, 0.05) is 37.4 Å². The lowest BCUT2D eigenvalue weighted by Gasteiger charge is -2.35. The number of ether oxygens (including phenoxy) is 1. The second-order valence-electron chi connectivity index (χ2n) is 8.56. The summed E-state index contributed by atoms with van der Waals surface area (Å²) in [7, 11) is 0. The summed E-state index contributed by atoms with van der Waals surface area (Å²) in [6, 6.07) is 6.11. The zero-order valence-corrected chi connectivity index (χ0v) is 18.2. The Kier molecular flexibility index (Phi) is 6.14. The molecule has 1 aromatic carbocycles. The molecule has 0 bridgehead atoms. The van der Waals surface area contributed by atoms with Crippen LogP contribution in [0.3, 0.4) is 0 Å². The van der Waals surface area contributed by atoms with Crippen molar-refractivity contribution in [3.8, 4) is 5.69 Å². The minimum absolute atomic E-state index is 0.00342. The van der Waals surface area contributed by atoms with E-state index in [1.807, 2.05) is 34.6 Å². The highest BCUT2D eigenvalue weighted by atomic mass is 19.1. The molecule has 1 aromatic heterocycles. The average molecular weight is 416 g/mol. The molecule has 0 N–H and O–H groups in total. The molecule has 2 heterocycles. The molecular weight excluding hydrogens is 387 g/mol. The monoisotopic (exact) mass is 416 g/mol. The van der Waals surface area contributed by atoms with Crippen molar-refractivity contribution in [2.24, 2.45) is 0 Å². The predicted molar refractivity (Wildman–Crippen MR) is 111 cm³/mol. The topological polar surface area (TPSA) is 67.7 Å². The summed E-state index contributed by atoms with van der Waals surface area (Å²) < 4.78 is 20.3. The van der Waals surface area contributed by atoms with E-state index in [1.54, 1.807) is 26.6 Å². The average Bonchev–Trinajstić information content (AvgIpc) is 2.95. The first-order chi connectivity index (χ1) is 14.0. The molecule has 1 aliphatic heterocycles. The van der Waals surface area contributed by atoms with E-state index in [0.717, 1.165) is 22.6 Å². The second kappa shape index (κ2) is 8.45. The lowest BCUT2D eigenvalue weighted by atomic mass is 10.1. The maximum absolute atomic E-state index is 13.2. The van der Waals surface area contributed by atoms with Crippen molar-refractivity contribution >= 4 is 12.0 Å². The van der Waals surface area contributed by atoms with Crippen molar-refractivity contribution in [3.63, 3.8) is 0 Å². The van der Waals surface area contributed by atoms with Gasteiger partial charge in [0.2, 0.25) is 5.91 Å². The molecule has 162 valence electrons. The van der Waals surface area contributed by atoms with Crippen LogP contribution < -0.4 is 0 Å². The van der Waals surface area contributed by atoms with Crippen LogP contribution in [-0.2, 0) is 16.0 Å². The van der Waals surface area contributed by atoms with Crippen LogP contribution in [0.25, 0.3) is 5.69 Å². The zero-order chi connectivity index (χ0) is 22.1. The molecule has 0 saturated carbocycles. The normalized spacial score (nSPS) is 14.7. The number of carbonyl (C=O) groups excluding carboxylic acids is 2. The summed E-state index contributed by atoms with van der Waals surface area (Å²) in [5, 5.41) is 4.53. The highest BCUT2D eigenvalue weighted by Crippen LogP contribution is 2.20. The van der Waals surface area contributed by atoms with Gasteiger partial charge in [-0.2, -0.15) is 5.10 Å². The number of aromatic nitrogens is 2. The molecule has 0 spiro atoms. The third-order valence-electron chi connectivity index (χ3n) is 5.12. The second-order valence-corrected chi connectivity index (χ2v) is 8.56. The Balaban J connectivity index is 1.63. The van der Waals surface area contributed by atoms with E-state index in [0.29, 0.717) is 26.2 Å². The van der Waals surface area contributed by atoms with E-state index in [4.69, 9.17) is 4.74 Å². The molecule has 0 aliphatic carbocycles. The molecule has 2 aromatic rings. The van der Waals surface area contributed by atoms with Gasteiger partial charge in [0.1, 0.15) is 11.4 Å². The van der Waals surface area contributed by atoms with Crippen LogP contribution in [0.1, 0.15) is 37.7 Å². The van der Waals surface area contributed by atoms with Gasteiger partial charge in [-0.1, -0.05) is 0 Å². The highest BCUT2D eigenvalue weighted by molar-refractivity contribution is 5.80. The SMILES string of the molecule is Cc1nn(-c2ccc(F)cc2)c(C)c1CC(=O)N1CCN(C(=O)OC(C)(C)C)CC1. The van der Waals surface area contributed by atoms with Crippen LogP contribution in [0, 0.1) is 19.7 Å². The largest absolute Gasteiger partial charge is 0.444 e. The molecule has 2 amide bonds. The van der Waals surface area contributed by atoms with Gasteiger partial charge < -0.3 is 14.5 Å². The van der Waals surface area contributed by atoms with Gasteiger partial charge in [0.15, 0.2) is 0 Å². The van der Waals surface area contributed by atoms with E-state index in [9.17, 15) is 14.0 Å². The first kappa shape index (κ1) is 21.8. The number of hydrogen-bond donors (Lipinski definition) is 0. The smallest absolute Gasteiger partial charge is 0.410 e. The number of benzene rings is 1. The molecular formula is C22H29FN4O3. The predicted octanol–water partition coefficient (Wildman–Crippen LogP) is 3.25. The van der Waals surface area contributed by atoms with Crippen molar-refractivity contribution < 1.29 is 18.7 Å². The molecule has 0 atom stereocenters. The summed E-state index contributed by atoms with van der Waals surface area (Å²) in [6.07, 6.45) is -0.104. The summed E-state index contributed by atoms with van der Waals surface area (Å²) in [5.41, 5.74) is 2.72.